The molecular weight excluding hydrogens is 435 g/mol. The zero-order valence-corrected chi connectivity index (χ0v) is 19.3. The average Bonchev–Trinajstić information content (AvgIpc) is 2.81. The fourth-order valence-electron chi connectivity index (χ4n) is 4.44. The van der Waals surface area contributed by atoms with Gasteiger partial charge >= 0.3 is 0 Å². The second-order valence-corrected chi connectivity index (χ2v) is 9.03. The minimum Gasteiger partial charge on any atom is -0.379 e. The van der Waals surface area contributed by atoms with Crippen molar-refractivity contribution in [3.8, 4) is 0 Å². The Labute approximate surface area is 193 Å². The molecule has 0 unspecified atom stereocenters. The van der Waals surface area contributed by atoms with Gasteiger partial charge in [-0.25, -0.2) is 9.97 Å². The quantitative estimate of drug-likeness (QED) is 0.675. The number of halogens is 2. The summed E-state index contributed by atoms with van der Waals surface area (Å²) in [6, 6.07) is 6.20. The Balaban J connectivity index is 1.38. The first-order valence-electron chi connectivity index (χ1n) is 10.9. The smallest absolute Gasteiger partial charge is 0.272 e. The summed E-state index contributed by atoms with van der Waals surface area (Å²) in [6.07, 6.45) is 4.99. The summed E-state index contributed by atoms with van der Waals surface area (Å²) in [5.74, 6) is 0.0103. The highest BCUT2D eigenvalue weighted by Gasteiger charge is 2.29. The van der Waals surface area contributed by atoms with Gasteiger partial charge in [0.15, 0.2) is 0 Å². The van der Waals surface area contributed by atoms with Gasteiger partial charge in [0.2, 0.25) is 0 Å². The van der Waals surface area contributed by atoms with Crippen molar-refractivity contribution in [3.63, 3.8) is 0 Å². The molecule has 2 fully saturated rings. The number of benzene rings is 1. The molecule has 1 amide bonds. The summed E-state index contributed by atoms with van der Waals surface area (Å²) in [7, 11) is 0. The summed E-state index contributed by atoms with van der Waals surface area (Å²) >= 11 is 12.1. The van der Waals surface area contributed by atoms with Gasteiger partial charge in [0.25, 0.3) is 5.91 Å². The molecule has 0 saturated carbocycles. The van der Waals surface area contributed by atoms with Gasteiger partial charge in [-0.3, -0.25) is 9.69 Å². The first kappa shape index (κ1) is 22.5. The summed E-state index contributed by atoms with van der Waals surface area (Å²) in [6.45, 7) is 7.08. The number of ether oxygens (including phenoxy) is 1. The van der Waals surface area contributed by atoms with E-state index in [1.165, 1.54) is 6.33 Å². The molecule has 8 heteroatoms. The minimum absolute atomic E-state index is 0.0103. The van der Waals surface area contributed by atoms with Crippen molar-refractivity contribution in [3.05, 3.63) is 57.1 Å². The van der Waals surface area contributed by atoms with E-state index in [2.05, 4.69) is 14.9 Å². The summed E-state index contributed by atoms with van der Waals surface area (Å²) in [4.78, 5) is 26.4. The van der Waals surface area contributed by atoms with E-state index < -0.39 is 0 Å². The molecule has 3 heterocycles. The largest absolute Gasteiger partial charge is 0.379 e. The van der Waals surface area contributed by atoms with Gasteiger partial charge in [-0.05, 0) is 50.3 Å². The number of carbonyl (C=O) groups is 1. The molecule has 0 aliphatic carbocycles. The average molecular weight is 463 g/mol. The lowest BCUT2D eigenvalue weighted by Crippen LogP contribution is -2.50. The molecule has 0 atom stereocenters. The monoisotopic (exact) mass is 462 g/mol. The fourth-order valence-corrected chi connectivity index (χ4v) is 4.76. The number of likely N-dealkylation sites (tertiary alicyclic amines) is 1. The summed E-state index contributed by atoms with van der Waals surface area (Å²) < 4.78 is 5.46. The zero-order valence-electron chi connectivity index (χ0n) is 17.8. The van der Waals surface area contributed by atoms with Crippen LogP contribution in [-0.4, -0.2) is 71.1 Å². The molecule has 2 aliphatic heterocycles. The Morgan fingerprint density at radius 3 is 2.52 bits per heavy atom. The third-order valence-electron chi connectivity index (χ3n) is 6.34. The summed E-state index contributed by atoms with van der Waals surface area (Å²) in [5, 5.41) is 1.10. The molecule has 0 bridgehead atoms. The molecule has 6 nitrogen and oxygen atoms in total. The van der Waals surface area contributed by atoms with Crippen LogP contribution in [0.4, 0.5) is 0 Å². The van der Waals surface area contributed by atoms with Crippen molar-refractivity contribution in [2.45, 2.75) is 38.6 Å². The maximum absolute atomic E-state index is 13.2. The van der Waals surface area contributed by atoms with Crippen LogP contribution in [0.3, 0.4) is 0 Å². The Morgan fingerprint density at radius 1 is 1.06 bits per heavy atom. The van der Waals surface area contributed by atoms with Crippen LogP contribution >= 0.6 is 23.2 Å². The Kier molecular flexibility index (Phi) is 7.43. The predicted molar refractivity (Wildman–Crippen MR) is 122 cm³/mol. The van der Waals surface area contributed by atoms with Gasteiger partial charge in [-0.1, -0.05) is 29.3 Å². The number of nitrogens with zero attached hydrogens (tertiary/aromatic N) is 4. The number of aromatic nitrogens is 2. The lowest BCUT2D eigenvalue weighted by molar-refractivity contribution is 0.00151. The summed E-state index contributed by atoms with van der Waals surface area (Å²) in [5.41, 5.74) is 3.37. The maximum Gasteiger partial charge on any atom is 0.272 e. The molecule has 1 aromatic carbocycles. The highest BCUT2D eigenvalue weighted by Crippen LogP contribution is 2.24. The van der Waals surface area contributed by atoms with E-state index in [9.17, 15) is 4.79 Å². The Morgan fingerprint density at radius 2 is 1.81 bits per heavy atom. The van der Waals surface area contributed by atoms with Crippen molar-refractivity contribution in [2.24, 2.45) is 0 Å². The van der Waals surface area contributed by atoms with Crippen LogP contribution < -0.4 is 0 Å². The van der Waals surface area contributed by atoms with Gasteiger partial charge < -0.3 is 9.64 Å². The topological polar surface area (TPSA) is 58.6 Å². The van der Waals surface area contributed by atoms with Crippen LogP contribution in [0.25, 0.3) is 0 Å². The number of amides is 1. The van der Waals surface area contributed by atoms with E-state index in [1.54, 1.807) is 0 Å². The van der Waals surface area contributed by atoms with Gasteiger partial charge in [0.05, 0.1) is 23.3 Å². The van der Waals surface area contributed by atoms with E-state index in [0.717, 1.165) is 75.5 Å². The molecular formula is C23H28Cl2N4O2. The van der Waals surface area contributed by atoms with Gasteiger partial charge in [-0.2, -0.15) is 0 Å². The molecule has 31 heavy (non-hydrogen) atoms. The molecule has 0 spiro atoms. The molecule has 2 saturated heterocycles. The fraction of sp³-hybridized carbons (Fsp3) is 0.522. The minimum atomic E-state index is 0.0103. The first-order chi connectivity index (χ1) is 15.0. The maximum atomic E-state index is 13.2. The molecule has 2 aromatic rings. The van der Waals surface area contributed by atoms with Crippen LogP contribution in [0.5, 0.6) is 0 Å². The van der Waals surface area contributed by atoms with Crippen molar-refractivity contribution in [1.82, 2.24) is 19.8 Å². The van der Waals surface area contributed by atoms with E-state index in [4.69, 9.17) is 27.9 Å². The van der Waals surface area contributed by atoms with Crippen molar-refractivity contribution in [1.29, 1.82) is 0 Å². The third-order valence-corrected chi connectivity index (χ3v) is 7.08. The Bertz CT molecular complexity index is 926. The highest BCUT2D eigenvalue weighted by atomic mass is 35.5. The number of piperidine rings is 1. The molecule has 166 valence electrons. The number of hydrogen-bond donors (Lipinski definition) is 0. The molecule has 1 aromatic heterocycles. The standard InChI is InChI=1S/C23H28Cl2N4O2/c1-16-21(5-3-17-2-4-19(24)20(25)14-17)26-15-27-22(16)23(30)29-8-6-18(7-9-29)28-10-12-31-13-11-28/h2,4,14-15,18H,3,5-13H2,1H3. The van der Waals surface area contributed by atoms with Crippen LogP contribution in [-0.2, 0) is 17.6 Å². The van der Waals surface area contributed by atoms with Gasteiger partial charge in [0, 0.05) is 43.5 Å². The zero-order chi connectivity index (χ0) is 21.8. The van der Waals surface area contributed by atoms with Gasteiger partial charge in [0.1, 0.15) is 12.0 Å². The molecule has 2 aliphatic rings. The van der Waals surface area contributed by atoms with Crippen molar-refractivity contribution in [2.75, 3.05) is 39.4 Å². The number of carbonyl (C=O) groups excluding carboxylic acids is 1. The molecule has 4 rings (SSSR count). The number of rotatable bonds is 5. The highest BCUT2D eigenvalue weighted by molar-refractivity contribution is 6.42. The van der Waals surface area contributed by atoms with Crippen LogP contribution in [0.2, 0.25) is 10.0 Å². The second kappa shape index (κ2) is 10.3. The van der Waals surface area contributed by atoms with Gasteiger partial charge in [-0.15, -0.1) is 0 Å². The lowest BCUT2D eigenvalue weighted by Gasteiger charge is -2.40. The second-order valence-electron chi connectivity index (χ2n) is 8.21. The van der Waals surface area contributed by atoms with Crippen molar-refractivity contribution >= 4 is 29.1 Å². The molecule has 0 radical (unpaired) electrons. The molecule has 0 N–H and O–H groups in total. The number of morpholine rings is 1. The van der Waals surface area contributed by atoms with Crippen LogP contribution in [0.1, 0.15) is 40.2 Å². The van der Waals surface area contributed by atoms with Crippen molar-refractivity contribution < 1.29 is 9.53 Å². The van der Waals surface area contributed by atoms with E-state index in [-0.39, 0.29) is 5.91 Å². The number of hydrogen-bond acceptors (Lipinski definition) is 5. The van der Waals surface area contributed by atoms with E-state index >= 15 is 0 Å². The SMILES string of the molecule is Cc1c(CCc2ccc(Cl)c(Cl)c2)ncnc1C(=O)N1CCC(N2CCOCC2)CC1. The van der Waals surface area contributed by atoms with E-state index in [1.807, 2.05) is 30.0 Å². The first-order valence-corrected chi connectivity index (χ1v) is 11.6. The lowest BCUT2D eigenvalue weighted by atomic mass is 10.0. The number of aryl methyl sites for hydroxylation is 2. The third kappa shape index (κ3) is 5.37. The van der Waals surface area contributed by atoms with Crippen LogP contribution in [0, 0.1) is 6.92 Å². The Hall–Kier alpha value is -1.73. The predicted octanol–water partition coefficient (Wildman–Crippen LogP) is 3.81. The normalized spacial score (nSPS) is 18.4. The van der Waals surface area contributed by atoms with Crippen LogP contribution in [0.15, 0.2) is 24.5 Å². The van der Waals surface area contributed by atoms with E-state index in [0.29, 0.717) is 28.2 Å².